The molecule has 5 rings (SSSR count). The van der Waals surface area contributed by atoms with Crippen LogP contribution in [-0.4, -0.2) is 36.7 Å². The molecule has 3 aromatic rings. The molecule has 0 bridgehead atoms. The van der Waals surface area contributed by atoms with E-state index >= 15 is 0 Å². The van der Waals surface area contributed by atoms with Crippen molar-refractivity contribution < 1.29 is 23.7 Å². The fourth-order valence-electron chi connectivity index (χ4n) is 3.99. The standard InChI is InChI=1S/C22H21N3O5/c1-27-14-4-5-15(19(8-14)28-2)16-9-21(26)24-22-17(16)10-23-25(22)11-13-3-6-18-20(7-13)30-12-29-18/h3-8,10,16H,9,11-12H2,1-2H3,(H,24,26). The first kappa shape index (κ1) is 18.4. The molecule has 30 heavy (non-hydrogen) atoms. The molecular weight excluding hydrogens is 386 g/mol. The number of fused-ring (bicyclic) bond motifs is 2. The van der Waals surface area contributed by atoms with Crippen molar-refractivity contribution in [3.63, 3.8) is 0 Å². The van der Waals surface area contributed by atoms with E-state index in [0.29, 0.717) is 30.3 Å². The van der Waals surface area contributed by atoms with Gasteiger partial charge in [0.2, 0.25) is 12.7 Å². The summed E-state index contributed by atoms with van der Waals surface area (Å²) in [6, 6.07) is 11.4. The molecule has 154 valence electrons. The first-order valence-corrected chi connectivity index (χ1v) is 9.62. The Labute approximate surface area is 173 Å². The number of hydrogen-bond acceptors (Lipinski definition) is 6. The van der Waals surface area contributed by atoms with Crippen LogP contribution < -0.4 is 24.3 Å². The third-order valence-corrected chi connectivity index (χ3v) is 5.48. The highest BCUT2D eigenvalue weighted by Crippen LogP contribution is 2.42. The molecule has 8 heteroatoms. The summed E-state index contributed by atoms with van der Waals surface area (Å²) in [5, 5.41) is 7.53. The van der Waals surface area contributed by atoms with E-state index in [2.05, 4.69) is 10.4 Å². The van der Waals surface area contributed by atoms with Crippen LogP contribution >= 0.6 is 0 Å². The molecule has 2 aromatic carbocycles. The number of anilines is 1. The fraction of sp³-hybridized carbons (Fsp3) is 0.273. The van der Waals surface area contributed by atoms with Crippen molar-refractivity contribution in [3.05, 3.63) is 59.3 Å². The molecule has 0 aliphatic carbocycles. The van der Waals surface area contributed by atoms with E-state index in [4.69, 9.17) is 18.9 Å². The van der Waals surface area contributed by atoms with E-state index < -0.39 is 0 Å². The molecule has 1 unspecified atom stereocenters. The van der Waals surface area contributed by atoms with Gasteiger partial charge in [-0.2, -0.15) is 5.10 Å². The maximum atomic E-state index is 12.5. The average molecular weight is 407 g/mol. The van der Waals surface area contributed by atoms with Crippen LogP contribution in [0.3, 0.4) is 0 Å². The van der Waals surface area contributed by atoms with Crippen LogP contribution in [-0.2, 0) is 11.3 Å². The van der Waals surface area contributed by atoms with Gasteiger partial charge in [-0.1, -0.05) is 12.1 Å². The van der Waals surface area contributed by atoms with Crippen LogP contribution in [0.4, 0.5) is 5.82 Å². The van der Waals surface area contributed by atoms with Crippen molar-refractivity contribution in [2.45, 2.75) is 18.9 Å². The molecule has 1 N–H and O–H groups in total. The van der Waals surface area contributed by atoms with Crippen LogP contribution in [0.1, 0.15) is 29.0 Å². The molecule has 8 nitrogen and oxygen atoms in total. The second-order valence-electron chi connectivity index (χ2n) is 7.21. The van der Waals surface area contributed by atoms with Gasteiger partial charge in [0.25, 0.3) is 0 Å². The number of carbonyl (C=O) groups is 1. The number of hydrogen-bond donors (Lipinski definition) is 1. The van der Waals surface area contributed by atoms with Crippen LogP contribution in [0, 0.1) is 0 Å². The summed E-state index contributed by atoms with van der Waals surface area (Å²) >= 11 is 0. The van der Waals surface area contributed by atoms with E-state index in [1.54, 1.807) is 18.9 Å². The Kier molecular flexibility index (Phi) is 4.46. The van der Waals surface area contributed by atoms with Crippen molar-refractivity contribution in [1.82, 2.24) is 9.78 Å². The number of methoxy groups -OCH3 is 2. The van der Waals surface area contributed by atoms with Crippen molar-refractivity contribution >= 4 is 11.7 Å². The SMILES string of the molecule is COc1ccc(C2CC(=O)Nc3c2cnn3Cc2ccc3c(c2)OCO3)c(OC)c1. The van der Waals surface area contributed by atoms with Crippen molar-refractivity contribution in [2.75, 3.05) is 26.3 Å². The molecule has 2 aliphatic rings. The van der Waals surface area contributed by atoms with Gasteiger partial charge in [-0.25, -0.2) is 4.68 Å². The first-order valence-electron chi connectivity index (χ1n) is 9.62. The number of ether oxygens (including phenoxy) is 4. The minimum absolute atomic E-state index is 0.0576. The lowest BCUT2D eigenvalue weighted by Crippen LogP contribution is -2.25. The topological polar surface area (TPSA) is 83.8 Å². The molecular formula is C22H21N3O5. The number of aromatic nitrogens is 2. The molecule has 1 amide bonds. The van der Waals surface area contributed by atoms with Crippen molar-refractivity contribution in [3.8, 4) is 23.0 Å². The van der Waals surface area contributed by atoms with E-state index in [9.17, 15) is 4.79 Å². The average Bonchev–Trinajstić information content (AvgIpc) is 3.39. The van der Waals surface area contributed by atoms with Crippen LogP contribution in [0.5, 0.6) is 23.0 Å². The van der Waals surface area contributed by atoms with Crippen molar-refractivity contribution in [2.24, 2.45) is 0 Å². The minimum Gasteiger partial charge on any atom is -0.497 e. The quantitative estimate of drug-likeness (QED) is 0.700. The van der Waals surface area contributed by atoms with Crippen LogP contribution in [0.25, 0.3) is 0 Å². The maximum Gasteiger partial charge on any atom is 0.231 e. The molecule has 0 spiro atoms. The van der Waals surface area contributed by atoms with Gasteiger partial charge in [0.1, 0.15) is 17.3 Å². The highest BCUT2D eigenvalue weighted by molar-refractivity contribution is 5.94. The number of rotatable bonds is 5. The molecule has 2 aliphatic heterocycles. The Balaban J connectivity index is 1.50. The molecule has 0 fully saturated rings. The van der Waals surface area contributed by atoms with E-state index in [-0.39, 0.29) is 18.6 Å². The number of amides is 1. The highest BCUT2D eigenvalue weighted by Gasteiger charge is 2.32. The summed E-state index contributed by atoms with van der Waals surface area (Å²) in [5.74, 6) is 3.34. The zero-order valence-electron chi connectivity index (χ0n) is 16.7. The van der Waals surface area contributed by atoms with E-state index in [0.717, 1.165) is 28.2 Å². The Morgan fingerprint density at radius 3 is 2.80 bits per heavy atom. The maximum absolute atomic E-state index is 12.5. The summed E-state index contributed by atoms with van der Waals surface area (Å²) in [6.07, 6.45) is 2.14. The number of nitrogens with one attached hydrogen (secondary N) is 1. The molecule has 1 atom stereocenters. The lowest BCUT2D eigenvalue weighted by atomic mass is 9.86. The summed E-state index contributed by atoms with van der Waals surface area (Å²) in [6.45, 7) is 0.732. The second kappa shape index (κ2) is 7.29. The zero-order valence-corrected chi connectivity index (χ0v) is 16.7. The third-order valence-electron chi connectivity index (χ3n) is 5.48. The predicted octanol–water partition coefficient (Wildman–Crippen LogP) is 3.15. The van der Waals surface area contributed by atoms with Gasteiger partial charge in [-0.05, 0) is 23.8 Å². The molecule has 3 heterocycles. The Hall–Kier alpha value is -3.68. The predicted molar refractivity (Wildman–Crippen MR) is 109 cm³/mol. The Bertz CT molecular complexity index is 1120. The minimum atomic E-state index is -0.153. The number of carbonyl (C=O) groups excluding carboxylic acids is 1. The molecule has 0 saturated carbocycles. The van der Waals surface area contributed by atoms with Gasteiger partial charge in [0, 0.05) is 29.5 Å². The fourth-order valence-corrected chi connectivity index (χ4v) is 3.99. The highest BCUT2D eigenvalue weighted by atomic mass is 16.7. The van der Waals surface area contributed by atoms with Gasteiger partial charge < -0.3 is 24.3 Å². The number of benzene rings is 2. The van der Waals surface area contributed by atoms with Gasteiger partial charge in [-0.3, -0.25) is 4.79 Å². The monoisotopic (exact) mass is 407 g/mol. The summed E-state index contributed by atoms with van der Waals surface area (Å²) in [5.41, 5.74) is 2.89. The molecule has 1 aromatic heterocycles. The van der Waals surface area contributed by atoms with Gasteiger partial charge in [0.15, 0.2) is 11.5 Å². The van der Waals surface area contributed by atoms with Gasteiger partial charge >= 0.3 is 0 Å². The van der Waals surface area contributed by atoms with Crippen LogP contribution in [0.2, 0.25) is 0 Å². The van der Waals surface area contributed by atoms with Crippen LogP contribution in [0.15, 0.2) is 42.6 Å². The molecule has 0 radical (unpaired) electrons. The Morgan fingerprint density at radius 1 is 1.10 bits per heavy atom. The lowest BCUT2D eigenvalue weighted by Gasteiger charge is -2.25. The number of nitrogens with zero attached hydrogens (tertiary/aromatic N) is 2. The van der Waals surface area contributed by atoms with E-state index in [1.165, 1.54) is 0 Å². The van der Waals surface area contributed by atoms with Gasteiger partial charge in [-0.15, -0.1) is 0 Å². The smallest absolute Gasteiger partial charge is 0.231 e. The van der Waals surface area contributed by atoms with Gasteiger partial charge in [0.05, 0.1) is 27.0 Å². The third kappa shape index (κ3) is 3.10. The molecule has 0 saturated heterocycles. The Morgan fingerprint density at radius 2 is 1.97 bits per heavy atom. The largest absolute Gasteiger partial charge is 0.497 e. The van der Waals surface area contributed by atoms with E-state index in [1.807, 2.05) is 42.6 Å². The normalized spacial score (nSPS) is 16.7. The van der Waals surface area contributed by atoms with Crippen molar-refractivity contribution in [1.29, 1.82) is 0 Å². The zero-order chi connectivity index (χ0) is 20.7. The first-order chi connectivity index (χ1) is 14.7. The summed E-state index contributed by atoms with van der Waals surface area (Å²) in [4.78, 5) is 12.5. The second-order valence-corrected chi connectivity index (χ2v) is 7.21. The summed E-state index contributed by atoms with van der Waals surface area (Å²) in [7, 11) is 3.23. The lowest BCUT2D eigenvalue weighted by molar-refractivity contribution is -0.116. The summed E-state index contributed by atoms with van der Waals surface area (Å²) < 4.78 is 23.5.